The van der Waals surface area contributed by atoms with E-state index in [0.717, 1.165) is 39.4 Å². The first-order valence-corrected chi connectivity index (χ1v) is 7.92. The van der Waals surface area contributed by atoms with Crippen LogP contribution in [0, 0.1) is 0 Å². The van der Waals surface area contributed by atoms with Crippen molar-refractivity contribution in [1.82, 2.24) is 10.2 Å². The maximum Gasteiger partial charge on any atom is 0.0594 e. The maximum absolute atomic E-state index is 5.37. The third kappa shape index (κ3) is 4.89. The minimum atomic E-state index is 0.423. The Balaban J connectivity index is 1.71. The summed E-state index contributed by atoms with van der Waals surface area (Å²) in [5.74, 6) is 0. The summed E-state index contributed by atoms with van der Waals surface area (Å²) in [7, 11) is 0. The number of hydrogen-bond acceptors (Lipinski definition) is 3. The van der Waals surface area contributed by atoms with Gasteiger partial charge in [0.2, 0.25) is 0 Å². The Morgan fingerprint density at radius 3 is 2.55 bits per heavy atom. The zero-order valence-electron chi connectivity index (χ0n) is 12.9. The number of aryl methyl sites for hydroxylation is 1. The largest absolute Gasteiger partial charge is 0.379 e. The Morgan fingerprint density at radius 1 is 1.20 bits per heavy atom. The first-order chi connectivity index (χ1) is 9.79. The number of nitrogens with zero attached hydrogens (tertiary/aromatic N) is 1. The van der Waals surface area contributed by atoms with E-state index in [-0.39, 0.29) is 0 Å². The van der Waals surface area contributed by atoms with Gasteiger partial charge in [0.15, 0.2) is 0 Å². The van der Waals surface area contributed by atoms with Gasteiger partial charge < -0.3 is 10.1 Å². The van der Waals surface area contributed by atoms with Gasteiger partial charge in [0, 0.05) is 32.2 Å². The third-order valence-corrected chi connectivity index (χ3v) is 4.00. The molecule has 1 atom stereocenters. The predicted molar refractivity (Wildman–Crippen MR) is 84.1 cm³/mol. The molecule has 3 heteroatoms. The molecular formula is C17H28N2O. The Morgan fingerprint density at radius 2 is 1.90 bits per heavy atom. The zero-order chi connectivity index (χ0) is 14.2. The summed E-state index contributed by atoms with van der Waals surface area (Å²) in [5.41, 5.74) is 2.82. The maximum atomic E-state index is 5.37. The highest BCUT2D eigenvalue weighted by molar-refractivity contribution is 5.24. The van der Waals surface area contributed by atoms with E-state index >= 15 is 0 Å². The molecule has 0 saturated carbocycles. The van der Waals surface area contributed by atoms with Gasteiger partial charge >= 0.3 is 0 Å². The highest BCUT2D eigenvalue weighted by Gasteiger charge is 2.10. The lowest BCUT2D eigenvalue weighted by Crippen LogP contribution is -2.40. The normalized spacial score (nSPS) is 18.1. The number of nitrogens with one attached hydrogen (secondary N) is 1. The molecule has 1 aliphatic rings. The minimum absolute atomic E-state index is 0.423. The smallest absolute Gasteiger partial charge is 0.0594 e. The summed E-state index contributed by atoms with van der Waals surface area (Å²) in [4.78, 5) is 2.47. The van der Waals surface area contributed by atoms with Crippen LogP contribution in [-0.2, 0) is 11.2 Å². The molecule has 0 radical (unpaired) electrons. The van der Waals surface area contributed by atoms with Crippen LogP contribution >= 0.6 is 0 Å². The summed E-state index contributed by atoms with van der Waals surface area (Å²) >= 11 is 0. The van der Waals surface area contributed by atoms with Crippen molar-refractivity contribution in [1.29, 1.82) is 0 Å². The molecule has 0 amide bonds. The molecule has 3 nitrogen and oxygen atoms in total. The van der Waals surface area contributed by atoms with E-state index in [1.54, 1.807) is 0 Å². The van der Waals surface area contributed by atoms with Gasteiger partial charge in [-0.2, -0.15) is 0 Å². The van der Waals surface area contributed by atoms with Crippen molar-refractivity contribution in [2.24, 2.45) is 0 Å². The van der Waals surface area contributed by atoms with Crippen LogP contribution < -0.4 is 5.32 Å². The molecule has 1 aliphatic heterocycles. The molecule has 1 aromatic carbocycles. The topological polar surface area (TPSA) is 24.5 Å². The van der Waals surface area contributed by atoms with E-state index in [4.69, 9.17) is 4.74 Å². The number of hydrogen-bond donors (Lipinski definition) is 1. The van der Waals surface area contributed by atoms with Crippen molar-refractivity contribution in [3.63, 3.8) is 0 Å². The van der Waals surface area contributed by atoms with Crippen LogP contribution in [0.15, 0.2) is 24.3 Å². The second-order valence-corrected chi connectivity index (χ2v) is 5.62. The van der Waals surface area contributed by atoms with Gasteiger partial charge in [-0.05, 0) is 24.5 Å². The molecule has 1 N–H and O–H groups in total. The predicted octanol–water partition coefficient (Wildman–Crippen LogP) is 2.62. The lowest BCUT2D eigenvalue weighted by molar-refractivity contribution is 0.0382. The summed E-state index contributed by atoms with van der Waals surface area (Å²) in [6.45, 7) is 10.5. The van der Waals surface area contributed by atoms with Gasteiger partial charge in [-0.1, -0.05) is 37.6 Å². The van der Waals surface area contributed by atoms with Crippen molar-refractivity contribution in [2.45, 2.75) is 32.7 Å². The molecule has 2 rings (SSSR count). The van der Waals surface area contributed by atoms with Crippen LogP contribution in [0.25, 0.3) is 0 Å². The Kier molecular flexibility index (Phi) is 6.51. The minimum Gasteiger partial charge on any atom is -0.379 e. The van der Waals surface area contributed by atoms with Gasteiger partial charge in [-0.25, -0.2) is 0 Å². The fourth-order valence-corrected chi connectivity index (χ4v) is 2.64. The molecule has 1 aromatic rings. The molecule has 1 heterocycles. The number of ether oxygens (including phenoxy) is 1. The van der Waals surface area contributed by atoms with Gasteiger partial charge in [-0.3, -0.25) is 4.90 Å². The lowest BCUT2D eigenvalue weighted by atomic mass is 10.0. The molecule has 0 aliphatic carbocycles. The molecule has 0 bridgehead atoms. The fraction of sp³-hybridized carbons (Fsp3) is 0.647. The van der Waals surface area contributed by atoms with Gasteiger partial charge in [-0.15, -0.1) is 0 Å². The number of benzene rings is 1. The van der Waals surface area contributed by atoms with Crippen LogP contribution in [0.1, 0.15) is 37.4 Å². The van der Waals surface area contributed by atoms with Crippen LogP contribution in [-0.4, -0.2) is 44.3 Å². The molecular weight excluding hydrogens is 248 g/mol. The molecule has 1 unspecified atom stereocenters. The molecule has 20 heavy (non-hydrogen) atoms. The average molecular weight is 276 g/mol. The van der Waals surface area contributed by atoms with E-state index in [9.17, 15) is 0 Å². The van der Waals surface area contributed by atoms with Gasteiger partial charge in [0.1, 0.15) is 0 Å². The van der Waals surface area contributed by atoms with Crippen molar-refractivity contribution < 1.29 is 4.74 Å². The van der Waals surface area contributed by atoms with E-state index in [2.05, 4.69) is 48.3 Å². The second-order valence-electron chi connectivity index (χ2n) is 5.62. The zero-order valence-corrected chi connectivity index (χ0v) is 12.9. The van der Waals surface area contributed by atoms with Crippen LogP contribution in [0.2, 0.25) is 0 Å². The molecule has 1 saturated heterocycles. The fourth-order valence-electron chi connectivity index (χ4n) is 2.64. The Bertz CT molecular complexity index is 371. The number of morpholine rings is 1. The molecule has 0 aromatic heterocycles. The van der Waals surface area contributed by atoms with Crippen molar-refractivity contribution in [3.8, 4) is 0 Å². The highest BCUT2D eigenvalue weighted by atomic mass is 16.5. The van der Waals surface area contributed by atoms with Gasteiger partial charge in [0.05, 0.1) is 13.2 Å². The van der Waals surface area contributed by atoms with Crippen molar-refractivity contribution in [3.05, 3.63) is 35.4 Å². The van der Waals surface area contributed by atoms with E-state index in [1.807, 2.05) is 0 Å². The van der Waals surface area contributed by atoms with E-state index < -0.39 is 0 Å². The first kappa shape index (κ1) is 15.5. The third-order valence-electron chi connectivity index (χ3n) is 4.00. The van der Waals surface area contributed by atoms with Crippen LogP contribution in [0.5, 0.6) is 0 Å². The van der Waals surface area contributed by atoms with Gasteiger partial charge in [0.25, 0.3) is 0 Å². The molecule has 0 spiro atoms. The summed E-state index contributed by atoms with van der Waals surface area (Å²) < 4.78 is 5.37. The second kappa shape index (κ2) is 8.40. The average Bonchev–Trinajstić information content (AvgIpc) is 2.49. The first-order valence-electron chi connectivity index (χ1n) is 7.92. The van der Waals surface area contributed by atoms with Crippen molar-refractivity contribution >= 4 is 0 Å². The van der Waals surface area contributed by atoms with Crippen molar-refractivity contribution in [2.75, 3.05) is 39.4 Å². The lowest BCUT2D eigenvalue weighted by Gasteiger charge is -2.27. The Labute approximate surface area is 123 Å². The van der Waals surface area contributed by atoms with E-state index in [1.165, 1.54) is 24.0 Å². The van der Waals surface area contributed by atoms with Crippen LogP contribution in [0.4, 0.5) is 0 Å². The quantitative estimate of drug-likeness (QED) is 0.828. The summed E-state index contributed by atoms with van der Waals surface area (Å²) in [5, 5.41) is 3.62. The number of rotatable bonds is 7. The summed E-state index contributed by atoms with van der Waals surface area (Å²) in [6.07, 6.45) is 2.39. The standard InChI is InChI=1S/C17H28N2O/c1-3-4-16-5-7-17(8-6-16)15(2)18-9-10-19-11-13-20-14-12-19/h5-8,15,18H,3-4,9-14H2,1-2H3. The van der Waals surface area contributed by atoms with E-state index in [0.29, 0.717) is 6.04 Å². The molecule has 112 valence electrons. The Hall–Kier alpha value is -0.900. The summed E-state index contributed by atoms with van der Waals surface area (Å²) in [6, 6.07) is 9.47. The SMILES string of the molecule is CCCc1ccc(C(C)NCCN2CCOCC2)cc1. The van der Waals surface area contributed by atoms with Crippen LogP contribution in [0.3, 0.4) is 0 Å². The highest BCUT2D eigenvalue weighted by Crippen LogP contribution is 2.14. The molecule has 1 fully saturated rings. The monoisotopic (exact) mass is 276 g/mol.